The molecule has 1 saturated heterocycles. The first-order chi connectivity index (χ1) is 20.5. The monoisotopic (exact) mass is 629 g/mol. The summed E-state index contributed by atoms with van der Waals surface area (Å²) in [5.41, 5.74) is 2.54. The van der Waals surface area contributed by atoms with E-state index in [1.54, 1.807) is 0 Å². The van der Waals surface area contributed by atoms with Crippen LogP contribution in [0.5, 0.6) is 5.75 Å². The van der Waals surface area contributed by atoms with Crippen LogP contribution in [0.3, 0.4) is 0 Å². The minimum absolute atomic E-state index is 0.0708. The Kier molecular flexibility index (Phi) is 7.54. The summed E-state index contributed by atoms with van der Waals surface area (Å²) in [6, 6.07) is 3.07. The van der Waals surface area contributed by atoms with E-state index in [0.29, 0.717) is 12.3 Å². The maximum Gasteiger partial charge on any atom is 0.573 e. The number of aryl methyl sites for hydroxylation is 1. The van der Waals surface area contributed by atoms with Gasteiger partial charge in [-0.15, -0.1) is 13.2 Å². The Balaban J connectivity index is 1.37. The van der Waals surface area contributed by atoms with Gasteiger partial charge in [0.1, 0.15) is 35.3 Å². The lowest BCUT2D eigenvalue weighted by atomic mass is 10.0. The fraction of sp³-hybridized carbons (Fsp3) is 0.269. The summed E-state index contributed by atoms with van der Waals surface area (Å²) in [6.07, 6.45) is -10.1. The molecule has 4 aromatic rings. The van der Waals surface area contributed by atoms with Crippen molar-refractivity contribution >= 4 is 23.1 Å². The van der Waals surface area contributed by atoms with Gasteiger partial charge in [-0.25, -0.2) is 23.3 Å². The van der Waals surface area contributed by atoms with Crippen molar-refractivity contribution < 1.29 is 49.4 Å². The number of nitrogen functional groups attached to an aromatic ring is 1. The number of carbonyl (C=O) groups is 2. The molecule has 44 heavy (non-hydrogen) atoms. The van der Waals surface area contributed by atoms with E-state index in [4.69, 9.17) is 5.73 Å². The number of fused-ring (bicyclic) bond motifs is 1. The van der Waals surface area contributed by atoms with Crippen LogP contribution in [-0.4, -0.2) is 68.0 Å². The third-order valence-corrected chi connectivity index (χ3v) is 6.76. The molecule has 2 atom stereocenters. The summed E-state index contributed by atoms with van der Waals surface area (Å²) in [5.74, 6) is -3.91. The molecule has 18 heteroatoms. The number of benzene rings is 1. The zero-order valence-corrected chi connectivity index (χ0v) is 22.2. The lowest BCUT2D eigenvalue weighted by Crippen LogP contribution is -2.42. The summed E-state index contributed by atoms with van der Waals surface area (Å²) in [7, 11) is 0. The number of aromatic nitrogens is 4. The molecule has 4 heterocycles. The molecule has 1 aromatic carbocycles. The second-order valence-corrected chi connectivity index (χ2v) is 9.73. The molecule has 232 valence electrons. The predicted octanol–water partition coefficient (Wildman–Crippen LogP) is 4.33. The average Bonchev–Trinajstić information content (AvgIpc) is 3.49. The molecule has 1 fully saturated rings. The van der Waals surface area contributed by atoms with Crippen molar-refractivity contribution in [3.8, 4) is 17.0 Å². The molecular formula is C26H19F8N7O3. The van der Waals surface area contributed by atoms with E-state index >= 15 is 4.39 Å². The van der Waals surface area contributed by atoms with Gasteiger partial charge in [-0.3, -0.25) is 9.59 Å². The summed E-state index contributed by atoms with van der Waals surface area (Å²) in [5, 5.41) is 6.17. The molecule has 0 aliphatic carbocycles. The summed E-state index contributed by atoms with van der Waals surface area (Å²) < 4.78 is 113. The number of pyridine rings is 1. The van der Waals surface area contributed by atoms with Crippen LogP contribution in [0.4, 0.5) is 40.9 Å². The number of nitrogens with zero attached hydrogens (tertiary/aromatic N) is 5. The number of amides is 2. The molecule has 2 amide bonds. The van der Waals surface area contributed by atoms with E-state index in [9.17, 15) is 40.3 Å². The first-order valence-electron chi connectivity index (χ1n) is 12.5. The molecule has 0 radical (unpaired) electrons. The van der Waals surface area contributed by atoms with Crippen molar-refractivity contribution in [1.29, 1.82) is 0 Å². The molecule has 3 N–H and O–H groups in total. The minimum Gasteiger partial charge on any atom is -0.404 e. The molecule has 0 unspecified atom stereocenters. The van der Waals surface area contributed by atoms with E-state index in [1.807, 2.05) is 0 Å². The number of carbonyl (C=O) groups excluding carboxylic acids is 2. The summed E-state index contributed by atoms with van der Waals surface area (Å²) in [4.78, 5) is 34.1. The fourth-order valence-electron chi connectivity index (χ4n) is 4.76. The highest BCUT2D eigenvalue weighted by Gasteiger charge is 2.39. The van der Waals surface area contributed by atoms with Crippen LogP contribution in [0.25, 0.3) is 16.8 Å². The first kappa shape index (κ1) is 30.4. The topological polar surface area (TPSA) is 128 Å². The standard InChI is InChI=1S/C26H19F8N7O3/c1-11-4-16(27)14(20-6-15(25(29,30)31)21-22(35)37-10-38-41(20)21)5-13(11)23(42)39-19-9-40(8-17(19)28)24(43)18-3-2-12(7-36-18)44-26(32,33)34/h2-7,10,17,19H,8-9H2,1H3,(H,39,42)(H2,35,37,38)/t17-,19+/m0/s1. The van der Waals surface area contributed by atoms with E-state index in [2.05, 4.69) is 25.1 Å². The Bertz CT molecular complexity index is 1760. The van der Waals surface area contributed by atoms with Crippen LogP contribution in [-0.2, 0) is 6.18 Å². The Morgan fingerprint density at radius 1 is 1.07 bits per heavy atom. The number of rotatable bonds is 5. The van der Waals surface area contributed by atoms with Gasteiger partial charge in [0.2, 0.25) is 0 Å². The summed E-state index contributed by atoms with van der Waals surface area (Å²) >= 11 is 0. The quantitative estimate of drug-likeness (QED) is 0.315. The first-order valence-corrected chi connectivity index (χ1v) is 12.5. The number of alkyl halides is 7. The number of hydrogen-bond donors (Lipinski definition) is 2. The van der Waals surface area contributed by atoms with Gasteiger partial charge in [-0.05, 0) is 42.8 Å². The molecule has 10 nitrogen and oxygen atoms in total. The smallest absolute Gasteiger partial charge is 0.404 e. The number of ether oxygens (including phenoxy) is 1. The van der Waals surface area contributed by atoms with E-state index in [1.165, 1.54) is 6.92 Å². The molecule has 0 bridgehead atoms. The maximum absolute atomic E-state index is 15.1. The van der Waals surface area contributed by atoms with Crippen LogP contribution in [0.1, 0.15) is 32.0 Å². The average molecular weight is 629 g/mol. The molecule has 3 aromatic heterocycles. The van der Waals surface area contributed by atoms with Crippen molar-refractivity contribution in [3.05, 3.63) is 71.1 Å². The van der Waals surface area contributed by atoms with Crippen molar-refractivity contribution in [1.82, 2.24) is 29.8 Å². The number of likely N-dealkylation sites (tertiary alicyclic amines) is 1. The lowest BCUT2D eigenvalue weighted by Gasteiger charge is -2.18. The Morgan fingerprint density at radius 2 is 1.80 bits per heavy atom. The Hall–Kier alpha value is -5.03. The van der Waals surface area contributed by atoms with Crippen LogP contribution in [0.15, 0.2) is 42.9 Å². The molecule has 1 aliphatic heterocycles. The number of halogens is 8. The van der Waals surface area contributed by atoms with Crippen molar-refractivity contribution in [2.24, 2.45) is 0 Å². The highest BCUT2D eigenvalue weighted by atomic mass is 19.4. The molecule has 0 saturated carbocycles. The second-order valence-electron chi connectivity index (χ2n) is 9.73. The van der Waals surface area contributed by atoms with Crippen molar-refractivity contribution in [2.45, 2.75) is 31.7 Å². The van der Waals surface area contributed by atoms with Gasteiger partial charge in [0, 0.05) is 17.7 Å². The highest BCUT2D eigenvalue weighted by molar-refractivity contribution is 5.98. The maximum atomic E-state index is 15.1. The van der Waals surface area contributed by atoms with Crippen molar-refractivity contribution in [3.63, 3.8) is 0 Å². The van der Waals surface area contributed by atoms with Gasteiger partial charge in [-0.2, -0.15) is 18.3 Å². The molecule has 0 spiro atoms. The molecule has 1 aliphatic rings. The predicted molar refractivity (Wildman–Crippen MR) is 136 cm³/mol. The van der Waals surface area contributed by atoms with Gasteiger partial charge < -0.3 is 20.7 Å². The Labute approximate surface area is 241 Å². The number of anilines is 1. The van der Waals surface area contributed by atoms with Crippen LogP contribution >= 0.6 is 0 Å². The zero-order valence-electron chi connectivity index (χ0n) is 22.2. The summed E-state index contributed by atoms with van der Waals surface area (Å²) in [6.45, 7) is 0.516. The van der Waals surface area contributed by atoms with Crippen LogP contribution in [0, 0.1) is 12.7 Å². The van der Waals surface area contributed by atoms with E-state index in [-0.39, 0.29) is 29.1 Å². The third-order valence-electron chi connectivity index (χ3n) is 6.76. The van der Waals surface area contributed by atoms with E-state index in [0.717, 1.165) is 40.0 Å². The zero-order chi connectivity index (χ0) is 32.1. The third kappa shape index (κ3) is 5.91. The lowest BCUT2D eigenvalue weighted by molar-refractivity contribution is -0.274. The van der Waals surface area contributed by atoms with Gasteiger partial charge in [-0.1, -0.05) is 0 Å². The highest BCUT2D eigenvalue weighted by Crippen LogP contribution is 2.39. The number of hydrogen-bond acceptors (Lipinski definition) is 7. The van der Waals surface area contributed by atoms with Gasteiger partial charge in [0.25, 0.3) is 11.8 Å². The number of nitrogens with one attached hydrogen (secondary N) is 1. The SMILES string of the molecule is Cc1cc(F)c(-c2cc(C(F)(F)F)c3c(N)ncnn23)cc1C(=O)N[C@@H]1CN(C(=O)c2ccc(OC(F)(F)F)cn2)C[C@@H]1F. The van der Waals surface area contributed by atoms with E-state index < -0.39 is 77.1 Å². The fourth-order valence-corrected chi connectivity index (χ4v) is 4.76. The normalized spacial score (nSPS) is 17.2. The van der Waals surface area contributed by atoms with Crippen molar-refractivity contribution in [2.75, 3.05) is 18.8 Å². The second kappa shape index (κ2) is 10.9. The van der Waals surface area contributed by atoms with Gasteiger partial charge >= 0.3 is 12.5 Å². The Morgan fingerprint density at radius 3 is 2.43 bits per heavy atom. The molecular weight excluding hydrogens is 610 g/mol. The van der Waals surface area contributed by atoms with Crippen LogP contribution < -0.4 is 15.8 Å². The van der Waals surface area contributed by atoms with Gasteiger partial charge in [0.15, 0.2) is 5.82 Å². The minimum atomic E-state index is -4.97. The molecule has 5 rings (SSSR count). The largest absolute Gasteiger partial charge is 0.573 e. The van der Waals surface area contributed by atoms with Crippen LogP contribution in [0.2, 0.25) is 0 Å². The number of nitrogens with two attached hydrogens (primary N) is 1. The van der Waals surface area contributed by atoms with Gasteiger partial charge in [0.05, 0.1) is 30.0 Å².